The number of aromatic nitrogens is 1. The van der Waals surface area contributed by atoms with Crippen LogP contribution in [0.15, 0.2) is 27.4 Å². The predicted molar refractivity (Wildman–Crippen MR) is 109 cm³/mol. The smallest absolute Gasteiger partial charge is 0.408 e. The average molecular weight is 413 g/mol. The van der Waals surface area contributed by atoms with Crippen molar-refractivity contribution < 1.29 is 18.8 Å². The van der Waals surface area contributed by atoms with E-state index in [4.69, 9.17) is 10.2 Å². The lowest BCUT2D eigenvalue weighted by atomic mass is 9.95. The van der Waals surface area contributed by atoms with E-state index in [-0.39, 0.29) is 17.9 Å². The molecule has 1 aromatic carbocycles. The molecule has 2 aromatic heterocycles. The van der Waals surface area contributed by atoms with Gasteiger partial charge in [0, 0.05) is 10.4 Å². The van der Waals surface area contributed by atoms with E-state index in [0.29, 0.717) is 21.6 Å². The van der Waals surface area contributed by atoms with Crippen LogP contribution in [0.1, 0.15) is 50.9 Å². The van der Waals surface area contributed by atoms with Gasteiger partial charge in [-0.25, -0.2) is 4.79 Å². The van der Waals surface area contributed by atoms with Gasteiger partial charge in [0.1, 0.15) is 11.5 Å². The molecule has 1 aliphatic carbocycles. The molecule has 0 radical (unpaired) electrons. The lowest BCUT2D eigenvalue weighted by Crippen LogP contribution is -2.25. The van der Waals surface area contributed by atoms with Gasteiger partial charge in [-0.2, -0.15) is 0 Å². The minimum atomic E-state index is -0.698. The molecular weight excluding hydrogens is 394 g/mol. The molecule has 2 heterocycles. The Bertz CT molecular complexity index is 1220. The summed E-state index contributed by atoms with van der Waals surface area (Å²) in [6.07, 6.45) is 3.65. The van der Waals surface area contributed by atoms with Gasteiger partial charge in [0.25, 0.3) is 5.91 Å². The average Bonchev–Trinajstić information content (AvgIpc) is 3.18. The van der Waals surface area contributed by atoms with E-state index in [1.54, 1.807) is 12.1 Å². The summed E-state index contributed by atoms with van der Waals surface area (Å²) in [6.45, 7) is 1.13. The molecule has 0 bridgehead atoms. The van der Waals surface area contributed by atoms with Crippen molar-refractivity contribution in [1.82, 2.24) is 4.57 Å². The lowest BCUT2D eigenvalue weighted by molar-refractivity contribution is -0.116. The highest BCUT2D eigenvalue weighted by atomic mass is 32.1. The van der Waals surface area contributed by atoms with Gasteiger partial charge in [-0.15, -0.1) is 11.3 Å². The van der Waals surface area contributed by atoms with Crippen LogP contribution in [0.2, 0.25) is 0 Å². The highest BCUT2D eigenvalue weighted by Gasteiger charge is 2.25. The minimum absolute atomic E-state index is 0.152. The van der Waals surface area contributed by atoms with Crippen LogP contribution in [0.5, 0.6) is 0 Å². The molecular formula is C20H19N3O5S. The molecule has 1 aliphatic rings. The highest BCUT2D eigenvalue weighted by molar-refractivity contribution is 7.17. The molecule has 0 saturated heterocycles. The lowest BCUT2D eigenvalue weighted by Gasteiger charge is -2.11. The predicted octanol–water partition coefficient (Wildman–Crippen LogP) is 2.48. The number of amides is 2. The number of nitrogens with two attached hydrogens (primary N) is 1. The molecule has 0 fully saturated rings. The molecule has 2 amide bonds. The first kappa shape index (κ1) is 19.1. The molecule has 150 valence electrons. The van der Waals surface area contributed by atoms with Crippen molar-refractivity contribution in [3.8, 4) is 0 Å². The van der Waals surface area contributed by atoms with E-state index < -0.39 is 17.6 Å². The fourth-order valence-electron chi connectivity index (χ4n) is 3.66. The first-order chi connectivity index (χ1) is 13.8. The number of rotatable bonds is 5. The van der Waals surface area contributed by atoms with Crippen LogP contribution >= 0.6 is 11.3 Å². The largest absolute Gasteiger partial charge is 0.420 e. The van der Waals surface area contributed by atoms with Gasteiger partial charge in [-0.05, 0) is 56.4 Å². The normalized spacial score (nSPS) is 13.3. The number of benzene rings is 1. The number of hydrogen-bond acceptors (Lipinski definition) is 6. The second kappa shape index (κ2) is 7.32. The highest BCUT2D eigenvalue weighted by Crippen LogP contribution is 2.37. The zero-order valence-corrected chi connectivity index (χ0v) is 16.6. The molecule has 3 aromatic rings. The number of carbonyl (C=O) groups is 3. The number of hydrogen-bond donors (Lipinski definition) is 2. The van der Waals surface area contributed by atoms with Crippen LogP contribution in [0, 0.1) is 0 Å². The van der Waals surface area contributed by atoms with Crippen molar-refractivity contribution in [3.63, 3.8) is 0 Å². The van der Waals surface area contributed by atoms with E-state index >= 15 is 0 Å². The topological polar surface area (TPSA) is 124 Å². The van der Waals surface area contributed by atoms with Gasteiger partial charge in [-0.1, -0.05) is 0 Å². The van der Waals surface area contributed by atoms with Gasteiger partial charge in [-0.3, -0.25) is 19.0 Å². The summed E-state index contributed by atoms with van der Waals surface area (Å²) in [7, 11) is 0. The van der Waals surface area contributed by atoms with Crippen LogP contribution in [0.25, 0.3) is 11.1 Å². The number of nitrogens with zero attached hydrogens (tertiary/aromatic N) is 1. The van der Waals surface area contributed by atoms with Gasteiger partial charge in [0.15, 0.2) is 11.4 Å². The van der Waals surface area contributed by atoms with E-state index in [0.717, 1.165) is 36.1 Å². The number of carbonyl (C=O) groups excluding carboxylic acids is 3. The molecule has 0 unspecified atom stereocenters. The molecule has 29 heavy (non-hydrogen) atoms. The third kappa shape index (κ3) is 3.49. The molecule has 4 rings (SSSR count). The number of Topliss-reactive ketones (excluding diaryl/α,β-unsaturated/α-hetero) is 1. The molecule has 0 spiro atoms. The number of ketones is 1. The van der Waals surface area contributed by atoms with Gasteiger partial charge < -0.3 is 15.5 Å². The van der Waals surface area contributed by atoms with Crippen molar-refractivity contribution in [2.75, 3.05) is 5.32 Å². The number of nitrogens with one attached hydrogen (secondary N) is 1. The fraction of sp³-hybridized carbons (Fsp3) is 0.300. The molecule has 3 N–H and O–H groups in total. The van der Waals surface area contributed by atoms with E-state index in [1.807, 2.05) is 0 Å². The number of thiophene rings is 1. The van der Waals surface area contributed by atoms with E-state index in [1.165, 1.54) is 28.9 Å². The summed E-state index contributed by atoms with van der Waals surface area (Å²) in [5.41, 5.74) is 7.91. The van der Waals surface area contributed by atoms with Crippen LogP contribution in [0.4, 0.5) is 5.00 Å². The van der Waals surface area contributed by atoms with Crippen molar-refractivity contribution in [3.05, 3.63) is 50.3 Å². The third-order valence-corrected chi connectivity index (χ3v) is 6.25. The first-order valence-corrected chi connectivity index (χ1v) is 10.1. The Morgan fingerprint density at radius 1 is 1.24 bits per heavy atom. The molecule has 9 heteroatoms. The summed E-state index contributed by atoms with van der Waals surface area (Å²) in [5.74, 6) is -1.88. The van der Waals surface area contributed by atoms with Crippen molar-refractivity contribution in [2.45, 2.75) is 39.2 Å². The summed E-state index contributed by atoms with van der Waals surface area (Å²) >= 11 is 1.36. The maximum Gasteiger partial charge on any atom is 0.420 e. The second-order valence-electron chi connectivity index (χ2n) is 7.02. The number of primary amides is 1. The third-order valence-electron chi connectivity index (χ3n) is 5.05. The molecule has 8 nitrogen and oxygen atoms in total. The van der Waals surface area contributed by atoms with Crippen molar-refractivity contribution >= 4 is 45.0 Å². The quantitative estimate of drug-likeness (QED) is 0.622. The maximum absolute atomic E-state index is 12.6. The Labute approximate surface area is 169 Å². The Morgan fingerprint density at radius 3 is 2.72 bits per heavy atom. The number of aryl methyl sites for hydroxylation is 1. The van der Waals surface area contributed by atoms with Gasteiger partial charge in [0.05, 0.1) is 11.1 Å². The summed E-state index contributed by atoms with van der Waals surface area (Å²) < 4.78 is 6.36. The Hall–Kier alpha value is -3.20. The van der Waals surface area contributed by atoms with Gasteiger partial charge in [0.2, 0.25) is 5.91 Å². The van der Waals surface area contributed by atoms with E-state index in [2.05, 4.69) is 5.32 Å². The SMILES string of the molecule is CC(=O)c1ccc2c(c1)oc(=O)n2CC(=O)Nc1sc2c(c1C(N)=O)CCCC2. The van der Waals surface area contributed by atoms with E-state index in [9.17, 15) is 19.2 Å². The summed E-state index contributed by atoms with van der Waals surface area (Å²) in [5, 5.41) is 3.16. The Balaban J connectivity index is 1.62. The van der Waals surface area contributed by atoms with Gasteiger partial charge >= 0.3 is 5.76 Å². The Kier molecular flexibility index (Phi) is 4.83. The second-order valence-corrected chi connectivity index (χ2v) is 8.13. The first-order valence-electron chi connectivity index (χ1n) is 9.23. The summed E-state index contributed by atoms with van der Waals surface area (Å²) in [6, 6.07) is 4.63. The summed E-state index contributed by atoms with van der Waals surface area (Å²) in [4.78, 5) is 49.4. The Morgan fingerprint density at radius 2 is 2.00 bits per heavy atom. The number of anilines is 1. The van der Waals surface area contributed by atoms with Crippen LogP contribution < -0.4 is 16.8 Å². The van der Waals surface area contributed by atoms with Crippen molar-refractivity contribution in [1.29, 1.82) is 0 Å². The molecule has 0 saturated carbocycles. The zero-order chi connectivity index (χ0) is 20.7. The molecule has 0 aliphatic heterocycles. The van der Waals surface area contributed by atoms with Crippen LogP contribution in [-0.4, -0.2) is 22.2 Å². The standard InChI is InChI=1S/C20H19N3O5S/c1-10(24)11-6-7-13-14(8-11)28-20(27)23(13)9-16(25)22-19-17(18(21)26)12-4-2-3-5-15(12)29-19/h6-8H,2-5,9H2,1H3,(H2,21,26)(H,22,25). The number of oxazole rings is 1. The molecule has 0 atom stereocenters. The number of fused-ring (bicyclic) bond motifs is 2. The maximum atomic E-state index is 12.6. The fourth-order valence-corrected chi connectivity index (χ4v) is 4.97. The monoisotopic (exact) mass is 413 g/mol. The van der Waals surface area contributed by atoms with Crippen molar-refractivity contribution in [2.24, 2.45) is 5.73 Å². The zero-order valence-electron chi connectivity index (χ0n) is 15.7. The minimum Gasteiger partial charge on any atom is -0.408 e. The van der Waals surface area contributed by atoms with Crippen LogP contribution in [0.3, 0.4) is 0 Å². The van der Waals surface area contributed by atoms with Crippen LogP contribution in [-0.2, 0) is 24.2 Å².